The van der Waals surface area contributed by atoms with E-state index >= 15 is 0 Å². The quantitative estimate of drug-likeness (QED) is 0.613. The van der Waals surface area contributed by atoms with Gasteiger partial charge >= 0.3 is 11.9 Å². The van der Waals surface area contributed by atoms with E-state index in [0.717, 1.165) is 5.56 Å². The van der Waals surface area contributed by atoms with Gasteiger partial charge in [0.1, 0.15) is 18.6 Å². The molecule has 0 aliphatic heterocycles. The van der Waals surface area contributed by atoms with Crippen molar-refractivity contribution in [3.63, 3.8) is 0 Å². The molecule has 0 spiro atoms. The fourth-order valence-electron chi connectivity index (χ4n) is 1.44. The number of ether oxygens (including phenoxy) is 2. The zero-order chi connectivity index (χ0) is 15.0. The molecule has 4 nitrogen and oxygen atoms in total. The average molecular weight is 276 g/mol. The van der Waals surface area contributed by atoms with Crippen molar-refractivity contribution in [2.24, 2.45) is 0 Å². The molecule has 1 aromatic carbocycles. The molecule has 0 aliphatic rings. The topological polar surface area (TPSA) is 52.6 Å². The van der Waals surface area contributed by atoms with Crippen molar-refractivity contribution in [1.29, 1.82) is 0 Å². The van der Waals surface area contributed by atoms with Crippen molar-refractivity contribution in [2.75, 3.05) is 6.61 Å². The van der Waals surface area contributed by atoms with Gasteiger partial charge in [-0.3, -0.25) is 9.59 Å². The fraction of sp³-hybridized carbons (Fsp3) is 0.375. The van der Waals surface area contributed by atoms with Crippen LogP contribution in [0.5, 0.6) is 0 Å². The first-order chi connectivity index (χ1) is 9.37. The van der Waals surface area contributed by atoms with E-state index < -0.39 is 17.5 Å². The summed E-state index contributed by atoms with van der Waals surface area (Å²) in [5.41, 5.74) is 0.431. The highest BCUT2D eigenvalue weighted by molar-refractivity contribution is 5.91. The van der Waals surface area contributed by atoms with Crippen molar-refractivity contribution in [1.82, 2.24) is 0 Å². The van der Waals surface area contributed by atoms with Gasteiger partial charge in [-0.2, -0.15) is 0 Å². The Morgan fingerprint density at radius 2 is 1.75 bits per heavy atom. The summed E-state index contributed by atoms with van der Waals surface area (Å²) in [4.78, 5) is 22.8. The molecule has 0 unspecified atom stereocenters. The van der Waals surface area contributed by atoms with Crippen molar-refractivity contribution >= 4 is 18.0 Å². The van der Waals surface area contributed by atoms with Crippen LogP contribution in [0.2, 0.25) is 0 Å². The molecule has 0 heterocycles. The van der Waals surface area contributed by atoms with Crippen LogP contribution in [0.4, 0.5) is 0 Å². The van der Waals surface area contributed by atoms with Gasteiger partial charge < -0.3 is 9.47 Å². The summed E-state index contributed by atoms with van der Waals surface area (Å²) in [7, 11) is 0. The van der Waals surface area contributed by atoms with Crippen LogP contribution in [0.3, 0.4) is 0 Å². The van der Waals surface area contributed by atoms with E-state index in [1.807, 2.05) is 36.4 Å². The summed E-state index contributed by atoms with van der Waals surface area (Å²) >= 11 is 0. The van der Waals surface area contributed by atoms with E-state index in [1.54, 1.807) is 26.8 Å². The monoisotopic (exact) mass is 276 g/mol. The number of esters is 2. The lowest BCUT2D eigenvalue weighted by Crippen LogP contribution is -2.25. The van der Waals surface area contributed by atoms with E-state index in [4.69, 9.17) is 9.47 Å². The number of rotatable bonds is 5. The number of hydrogen-bond donors (Lipinski definition) is 0. The number of benzene rings is 1. The standard InChI is InChI=1S/C16H20O4/c1-16(2,3)20-15(18)12-14(17)19-11-7-10-13-8-5-4-6-9-13/h4-10H,11-12H2,1-3H3. The Morgan fingerprint density at radius 3 is 2.35 bits per heavy atom. The molecule has 4 heteroatoms. The second-order valence-electron chi connectivity index (χ2n) is 5.26. The Balaban J connectivity index is 2.27. The number of carbonyl (C=O) groups excluding carboxylic acids is 2. The molecule has 0 amide bonds. The molecule has 0 radical (unpaired) electrons. The van der Waals surface area contributed by atoms with Crippen LogP contribution >= 0.6 is 0 Å². The van der Waals surface area contributed by atoms with Gasteiger partial charge in [0.15, 0.2) is 0 Å². The maximum atomic E-state index is 11.4. The lowest BCUT2D eigenvalue weighted by Gasteiger charge is -2.18. The minimum atomic E-state index is -0.593. The Bertz CT molecular complexity index is 469. The van der Waals surface area contributed by atoms with Gasteiger partial charge in [0.2, 0.25) is 0 Å². The highest BCUT2D eigenvalue weighted by Crippen LogP contribution is 2.08. The predicted octanol–water partition coefficient (Wildman–Crippen LogP) is 2.97. The Hall–Kier alpha value is -2.10. The maximum absolute atomic E-state index is 11.4. The summed E-state index contributed by atoms with van der Waals surface area (Å²) in [5, 5.41) is 0. The Morgan fingerprint density at radius 1 is 1.10 bits per heavy atom. The van der Waals surface area contributed by atoms with Crippen molar-refractivity contribution < 1.29 is 19.1 Å². The van der Waals surface area contributed by atoms with Crippen LogP contribution in [0.15, 0.2) is 36.4 Å². The molecule has 0 saturated heterocycles. The summed E-state index contributed by atoms with van der Waals surface area (Å²) in [6, 6.07) is 9.67. The maximum Gasteiger partial charge on any atom is 0.317 e. The van der Waals surface area contributed by atoms with Crippen molar-refractivity contribution in [2.45, 2.75) is 32.8 Å². The third-order valence-electron chi connectivity index (χ3n) is 2.16. The first-order valence-corrected chi connectivity index (χ1v) is 6.46. The molecular weight excluding hydrogens is 256 g/mol. The normalized spacial score (nSPS) is 11.3. The summed E-state index contributed by atoms with van der Waals surface area (Å²) in [6.07, 6.45) is 3.21. The van der Waals surface area contributed by atoms with E-state index in [2.05, 4.69) is 0 Å². The van der Waals surface area contributed by atoms with Gasteiger partial charge in [-0.1, -0.05) is 36.4 Å². The first-order valence-electron chi connectivity index (χ1n) is 6.46. The average Bonchev–Trinajstić information content (AvgIpc) is 2.33. The second kappa shape index (κ2) is 7.48. The highest BCUT2D eigenvalue weighted by Gasteiger charge is 2.19. The number of hydrogen-bond acceptors (Lipinski definition) is 4. The van der Waals surface area contributed by atoms with Gasteiger partial charge in [-0.25, -0.2) is 0 Å². The second-order valence-corrected chi connectivity index (χ2v) is 5.26. The van der Waals surface area contributed by atoms with E-state index in [0.29, 0.717) is 0 Å². The van der Waals surface area contributed by atoms with Gasteiger partial charge in [-0.15, -0.1) is 0 Å². The molecule has 108 valence electrons. The molecule has 0 saturated carbocycles. The van der Waals surface area contributed by atoms with Crippen molar-refractivity contribution in [3.8, 4) is 0 Å². The van der Waals surface area contributed by atoms with Crippen LogP contribution in [0.25, 0.3) is 6.08 Å². The lowest BCUT2D eigenvalue weighted by molar-refractivity contribution is -0.161. The molecule has 0 aromatic heterocycles. The smallest absolute Gasteiger partial charge is 0.317 e. The van der Waals surface area contributed by atoms with Gasteiger partial charge in [0.05, 0.1) is 0 Å². The van der Waals surface area contributed by atoms with E-state index in [9.17, 15) is 9.59 Å². The molecule has 1 aromatic rings. The summed E-state index contributed by atoms with van der Waals surface area (Å²) in [6.45, 7) is 5.38. The molecule has 0 atom stereocenters. The first kappa shape index (κ1) is 16.0. The van der Waals surface area contributed by atoms with Crippen LogP contribution in [-0.2, 0) is 19.1 Å². The zero-order valence-electron chi connectivity index (χ0n) is 12.1. The minimum absolute atomic E-state index is 0.135. The van der Waals surface area contributed by atoms with Gasteiger partial charge in [0.25, 0.3) is 0 Å². The Labute approximate surface area is 119 Å². The summed E-state index contributed by atoms with van der Waals surface area (Å²) in [5.74, 6) is -1.16. The number of carbonyl (C=O) groups is 2. The molecule has 20 heavy (non-hydrogen) atoms. The molecule has 0 bridgehead atoms. The van der Waals surface area contributed by atoms with Crippen LogP contribution in [0.1, 0.15) is 32.8 Å². The van der Waals surface area contributed by atoms with E-state index in [1.165, 1.54) is 0 Å². The molecule has 1 rings (SSSR count). The van der Waals surface area contributed by atoms with E-state index in [-0.39, 0.29) is 13.0 Å². The predicted molar refractivity (Wildman–Crippen MR) is 76.9 cm³/mol. The lowest BCUT2D eigenvalue weighted by atomic mass is 10.2. The van der Waals surface area contributed by atoms with Crippen molar-refractivity contribution in [3.05, 3.63) is 42.0 Å². The van der Waals surface area contributed by atoms with Crippen LogP contribution in [0, 0.1) is 0 Å². The molecule has 0 fully saturated rings. The fourth-order valence-corrected chi connectivity index (χ4v) is 1.44. The van der Waals surface area contributed by atoms with Gasteiger partial charge in [-0.05, 0) is 32.4 Å². The SMILES string of the molecule is CC(C)(C)OC(=O)CC(=O)OCC=Cc1ccccc1. The highest BCUT2D eigenvalue weighted by atomic mass is 16.6. The molecule has 0 aliphatic carbocycles. The van der Waals surface area contributed by atoms with Gasteiger partial charge in [0, 0.05) is 0 Å². The Kier molecular flexibility index (Phi) is 5.97. The largest absolute Gasteiger partial charge is 0.461 e. The third-order valence-corrected chi connectivity index (χ3v) is 2.16. The molecular formula is C16H20O4. The van der Waals surface area contributed by atoms with Crippen LogP contribution < -0.4 is 0 Å². The zero-order valence-corrected chi connectivity index (χ0v) is 12.1. The molecule has 0 N–H and O–H groups in total. The minimum Gasteiger partial charge on any atom is -0.461 e. The third kappa shape index (κ3) is 7.36. The summed E-state index contributed by atoms with van der Waals surface area (Å²) < 4.78 is 9.95. The van der Waals surface area contributed by atoms with Crippen LogP contribution in [-0.4, -0.2) is 24.1 Å².